The van der Waals surface area contributed by atoms with Crippen LogP contribution in [0.2, 0.25) is 0 Å². The molecule has 1 aromatic heterocycles. The van der Waals surface area contributed by atoms with E-state index in [1.54, 1.807) is 17.4 Å². The summed E-state index contributed by atoms with van der Waals surface area (Å²) in [7, 11) is 0. The molecule has 0 saturated carbocycles. The molecule has 1 fully saturated rings. The Bertz CT molecular complexity index is 1000. The summed E-state index contributed by atoms with van der Waals surface area (Å²) in [5, 5.41) is 2.95. The first-order valence-electron chi connectivity index (χ1n) is 11.0. The van der Waals surface area contributed by atoms with Crippen LogP contribution in [0, 0.1) is 5.82 Å². The molecule has 2 aromatic carbocycles. The van der Waals surface area contributed by atoms with Crippen LogP contribution in [-0.2, 0) is 11.2 Å². The second kappa shape index (κ2) is 10.9. The van der Waals surface area contributed by atoms with E-state index in [-0.39, 0.29) is 11.9 Å². The van der Waals surface area contributed by atoms with Gasteiger partial charge in [-0.15, -0.1) is 11.3 Å². The summed E-state index contributed by atoms with van der Waals surface area (Å²) in [6, 6.07) is 12.7. The lowest BCUT2D eigenvalue weighted by molar-refractivity contribution is 0.0322. The first-order valence-corrected chi connectivity index (χ1v) is 11.9. The van der Waals surface area contributed by atoms with Crippen molar-refractivity contribution in [2.24, 2.45) is 0 Å². The van der Waals surface area contributed by atoms with Crippen LogP contribution in [-0.4, -0.2) is 55.4 Å². The highest BCUT2D eigenvalue weighted by molar-refractivity contribution is 7.10. The first kappa shape index (κ1) is 22.7. The highest BCUT2D eigenvalue weighted by atomic mass is 32.1. The number of hydrogen-bond acceptors (Lipinski definition) is 6. The minimum absolute atomic E-state index is 0.0284. The van der Waals surface area contributed by atoms with Gasteiger partial charge in [0.2, 0.25) is 0 Å². The topological polar surface area (TPSA) is 43.8 Å². The van der Waals surface area contributed by atoms with E-state index < -0.39 is 0 Å². The van der Waals surface area contributed by atoms with Crippen LogP contribution in [0.15, 0.2) is 47.8 Å². The van der Waals surface area contributed by atoms with Gasteiger partial charge < -0.3 is 14.2 Å². The van der Waals surface area contributed by atoms with E-state index in [0.29, 0.717) is 18.8 Å². The highest BCUT2D eigenvalue weighted by Crippen LogP contribution is 2.28. The predicted octanol–water partition coefficient (Wildman–Crippen LogP) is 5.04. The third-order valence-corrected chi connectivity index (χ3v) is 6.06. The molecule has 2 heterocycles. The Kier molecular flexibility index (Phi) is 7.73. The summed E-state index contributed by atoms with van der Waals surface area (Å²) < 4.78 is 30.9. The third kappa shape index (κ3) is 6.28. The van der Waals surface area contributed by atoms with Crippen LogP contribution >= 0.6 is 11.3 Å². The fourth-order valence-electron chi connectivity index (χ4n) is 3.58. The molecule has 0 unspecified atom stereocenters. The molecular formula is C25H29FN2O3S. The monoisotopic (exact) mass is 456 g/mol. The zero-order chi connectivity index (χ0) is 22.3. The van der Waals surface area contributed by atoms with Crippen molar-refractivity contribution < 1.29 is 18.6 Å². The van der Waals surface area contributed by atoms with Crippen molar-refractivity contribution >= 4 is 11.3 Å². The van der Waals surface area contributed by atoms with E-state index in [1.165, 1.54) is 12.1 Å². The van der Waals surface area contributed by atoms with Crippen molar-refractivity contribution in [1.82, 2.24) is 9.88 Å². The number of hydrogen-bond donors (Lipinski definition) is 0. The van der Waals surface area contributed by atoms with Crippen LogP contribution in [0.1, 0.15) is 24.4 Å². The Balaban J connectivity index is 1.36. The number of aromatic nitrogens is 1. The van der Waals surface area contributed by atoms with Gasteiger partial charge in [-0.3, -0.25) is 4.90 Å². The molecule has 1 aliphatic rings. The van der Waals surface area contributed by atoms with E-state index in [0.717, 1.165) is 60.4 Å². The summed E-state index contributed by atoms with van der Waals surface area (Å²) >= 11 is 1.57. The number of benzene rings is 2. The zero-order valence-electron chi connectivity index (χ0n) is 18.6. The van der Waals surface area contributed by atoms with Crippen LogP contribution in [0.25, 0.3) is 11.3 Å². The molecule has 0 aliphatic carbocycles. The Morgan fingerprint density at radius 3 is 2.66 bits per heavy atom. The Morgan fingerprint density at radius 1 is 1.12 bits per heavy atom. The van der Waals surface area contributed by atoms with Crippen LogP contribution < -0.4 is 9.47 Å². The number of ether oxygens (including phenoxy) is 3. The van der Waals surface area contributed by atoms with E-state index in [1.807, 2.05) is 43.5 Å². The van der Waals surface area contributed by atoms with Gasteiger partial charge in [0, 0.05) is 42.6 Å². The molecule has 3 aromatic rings. The van der Waals surface area contributed by atoms with Crippen LogP contribution in [0.3, 0.4) is 0 Å². The first-order chi connectivity index (χ1) is 15.6. The number of rotatable bonds is 9. The van der Waals surface area contributed by atoms with Gasteiger partial charge in [0.15, 0.2) is 0 Å². The third-order valence-electron chi connectivity index (χ3n) is 5.21. The van der Waals surface area contributed by atoms with Gasteiger partial charge in [0.25, 0.3) is 0 Å². The summed E-state index contributed by atoms with van der Waals surface area (Å²) in [4.78, 5) is 7.11. The lowest BCUT2D eigenvalue weighted by atomic mass is 10.1. The maximum absolute atomic E-state index is 13.8. The Labute approximate surface area is 192 Å². The van der Waals surface area contributed by atoms with Gasteiger partial charge in [-0.05, 0) is 56.3 Å². The van der Waals surface area contributed by atoms with Gasteiger partial charge in [-0.1, -0.05) is 0 Å². The normalized spacial score (nSPS) is 14.6. The summed E-state index contributed by atoms with van der Waals surface area (Å²) in [5.74, 6) is 1.29. The molecule has 0 amide bonds. The van der Waals surface area contributed by atoms with E-state index >= 15 is 0 Å². The number of thiazole rings is 1. The van der Waals surface area contributed by atoms with Crippen LogP contribution in [0.5, 0.6) is 11.5 Å². The highest BCUT2D eigenvalue weighted by Gasteiger charge is 2.12. The van der Waals surface area contributed by atoms with Crippen molar-refractivity contribution in [2.75, 3.05) is 39.5 Å². The molecule has 0 radical (unpaired) electrons. The van der Waals surface area contributed by atoms with Gasteiger partial charge in [0.1, 0.15) is 23.9 Å². The molecule has 4 rings (SSSR count). The molecule has 7 heteroatoms. The fourth-order valence-corrected chi connectivity index (χ4v) is 4.41. The Hall–Kier alpha value is -2.48. The standard InChI is InChI=1S/C25H29FN2O3S/c1-18(2)31-24-8-5-21(26)15-20(24)16-25-27-23(17-32-25)19-3-6-22(7-4-19)30-14-11-28-9-12-29-13-10-28/h3-8,15,17-18H,9-14,16H2,1-2H3. The van der Waals surface area contributed by atoms with E-state index in [2.05, 4.69) is 4.90 Å². The number of nitrogens with zero attached hydrogens (tertiary/aromatic N) is 2. The number of morpholine rings is 1. The largest absolute Gasteiger partial charge is 0.492 e. The van der Waals surface area contributed by atoms with Crippen molar-refractivity contribution in [1.29, 1.82) is 0 Å². The van der Waals surface area contributed by atoms with E-state index in [9.17, 15) is 4.39 Å². The molecule has 5 nitrogen and oxygen atoms in total. The second-order valence-electron chi connectivity index (χ2n) is 8.05. The molecule has 0 bridgehead atoms. The molecule has 0 spiro atoms. The SMILES string of the molecule is CC(C)Oc1ccc(F)cc1Cc1nc(-c2ccc(OCCN3CCOCC3)cc2)cs1. The lowest BCUT2D eigenvalue weighted by Crippen LogP contribution is -2.38. The second-order valence-corrected chi connectivity index (χ2v) is 8.99. The zero-order valence-corrected chi connectivity index (χ0v) is 19.4. The van der Waals surface area contributed by atoms with E-state index in [4.69, 9.17) is 19.2 Å². The van der Waals surface area contributed by atoms with Crippen molar-refractivity contribution in [3.8, 4) is 22.8 Å². The average Bonchev–Trinajstić information content (AvgIpc) is 3.25. The van der Waals surface area contributed by atoms with Gasteiger partial charge in [0.05, 0.1) is 30.0 Å². The molecule has 0 atom stereocenters. The van der Waals surface area contributed by atoms with Crippen molar-refractivity contribution in [3.05, 3.63) is 64.2 Å². The quantitative estimate of drug-likeness (QED) is 0.451. The van der Waals surface area contributed by atoms with Crippen LogP contribution in [0.4, 0.5) is 4.39 Å². The smallest absolute Gasteiger partial charge is 0.123 e. The maximum Gasteiger partial charge on any atom is 0.123 e. The fraction of sp³-hybridized carbons (Fsp3) is 0.400. The number of halogens is 1. The Morgan fingerprint density at radius 2 is 1.91 bits per heavy atom. The average molecular weight is 457 g/mol. The molecular weight excluding hydrogens is 427 g/mol. The molecule has 1 saturated heterocycles. The molecule has 0 N–H and O–H groups in total. The maximum atomic E-state index is 13.8. The van der Waals surface area contributed by atoms with Crippen molar-refractivity contribution in [2.45, 2.75) is 26.4 Å². The van der Waals surface area contributed by atoms with Crippen molar-refractivity contribution in [3.63, 3.8) is 0 Å². The summed E-state index contributed by atoms with van der Waals surface area (Å²) in [6.07, 6.45) is 0.563. The lowest BCUT2D eigenvalue weighted by Gasteiger charge is -2.26. The van der Waals surface area contributed by atoms with Gasteiger partial charge in [-0.25, -0.2) is 9.37 Å². The molecule has 1 aliphatic heterocycles. The summed E-state index contributed by atoms with van der Waals surface area (Å²) in [5.41, 5.74) is 2.75. The minimum atomic E-state index is -0.267. The predicted molar refractivity (Wildman–Crippen MR) is 125 cm³/mol. The molecule has 32 heavy (non-hydrogen) atoms. The molecule has 170 valence electrons. The van der Waals surface area contributed by atoms with Gasteiger partial charge in [-0.2, -0.15) is 0 Å². The summed E-state index contributed by atoms with van der Waals surface area (Å²) in [6.45, 7) is 9.03. The minimum Gasteiger partial charge on any atom is -0.492 e. The van der Waals surface area contributed by atoms with Gasteiger partial charge >= 0.3 is 0 Å².